The summed E-state index contributed by atoms with van der Waals surface area (Å²) in [5, 5.41) is 5.79. The highest BCUT2D eigenvalue weighted by molar-refractivity contribution is 5.73. The Bertz CT molecular complexity index is 257. The molecule has 0 aliphatic heterocycles. The molecule has 0 spiro atoms. The number of nitrogens with one attached hydrogen (secondary N) is 2. The average Bonchev–Trinajstić information content (AvgIpc) is 2.51. The van der Waals surface area contributed by atoms with Gasteiger partial charge in [-0.3, -0.25) is 0 Å². The van der Waals surface area contributed by atoms with Gasteiger partial charge in [0, 0.05) is 19.6 Å². The van der Waals surface area contributed by atoms with E-state index in [1.165, 1.54) is 70.6 Å². The summed E-state index contributed by atoms with van der Waals surface area (Å²) in [6.07, 6.45) is 16.2. The molecule has 0 heterocycles. The highest BCUT2D eigenvalue weighted by Crippen LogP contribution is 2.11. The number of likely N-dealkylation sites (N-methyl/N-ethyl adjacent to an activating group) is 1. The summed E-state index contributed by atoms with van der Waals surface area (Å²) in [6, 6.07) is -0.0325. The fourth-order valence-corrected chi connectivity index (χ4v) is 2.62. The van der Waals surface area contributed by atoms with Crippen molar-refractivity contribution in [1.82, 2.24) is 15.5 Å². The maximum Gasteiger partial charge on any atom is 0.314 e. The summed E-state index contributed by atoms with van der Waals surface area (Å²) in [6.45, 7) is 4.65. The fraction of sp³-hybridized carbons (Fsp3) is 0.947. The zero-order valence-corrected chi connectivity index (χ0v) is 16.0. The molecule has 2 N–H and O–H groups in total. The average molecular weight is 328 g/mol. The van der Waals surface area contributed by atoms with Crippen molar-refractivity contribution in [2.75, 3.05) is 33.7 Å². The van der Waals surface area contributed by atoms with Gasteiger partial charge in [-0.15, -0.1) is 0 Å². The van der Waals surface area contributed by atoms with Gasteiger partial charge in [0.2, 0.25) is 0 Å². The van der Waals surface area contributed by atoms with Crippen LogP contribution in [0.25, 0.3) is 0 Å². The first kappa shape index (κ1) is 22.2. The normalized spacial score (nSPS) is 11.0. The van der Waals surface area contributed by atoms with Crippen LogP contribution >= 0.6 is 0 Å². The van der Waals surface area contributed by atoms with Gasteiger partial charge in [0.05, 0.1) is 0 Å². The summed E-state index contributed by atoms with van der Waals surface area (Å²) < 4.78 is 0. The standard InChI is InChI=1S/C19H41N3O/c1-4-5-6-7-8-9-10-11-12-13-14-15-16-20-19(23)21-17-18-22(2)3/h4-18H2,1-3H3,(H2,20,21,23). The SMILES string of the molecule is CCCCCCCCCCCCCCNC(=O)NCCN(C)C. The highest BCUT2D eigenvalue weighted by Gasteiger charge is 1.99. The van der Waals surface area contributed by atoms with Crippen molar-refractivity contribution in [3.63, 3.8) is 0 Å². The Morgan fingerprint density at radius 1 is 0.696 bits per heavy atom. The Morgan fingerprint density at radius 2 is 1.13 bits per heavy atom. The first-order valence-corrected chi connectivity index (χ1v) is 9.83. The number of hydrogen-bond donors (Lipinski definition) is 2. The minimum atomic E-state index is -0.0325. The van der Waals surface area contributed by atoms with Gasteiger partial charge in [0.15, 0.2) is 0 Å². The maximum absolute atomic E-state index is 11.5. The molecule has 0 aliphatic carbocycles. The van der Waals surface area contributed by atoms with Crippen LogP contribution in [0, 0.1) is 0 Å². The second-order valence-corrected chi connectivity index (χ2v) is 6.88. The van der Waals surface area contributed by atoms with Gasteiger partial charge in [-0.25, -0.2) is 4.79 Å². The molecular formula is C19H41N3O. The summed E-state index contributed by atoms with van der Waals surface area (Å²) in [7, 11) is 4.01. The molecule has 0 bridgehead atoms. The van der Waals surface area contributed by atoms with Crippen LogP contribution in [0.1, 0.15) is 84.0 Å². The van der Waals surface area contributed by atoms with E-state index < -0.39 is 0 Å². The van der Waals surface area contributed by atoms with Crippen molar-refractivity contribution in [2.24, 2.45) is 0 Å². The molecule has 2 amide bonds. The molecule has 0 atom stereocenters. The third kappa shape index (κ3) is 19.2. The lowest BCUT2D eigenvalue weighted by Crippen LogP contribution is -2.39. The molecule has 0 unspecified atom stereocenters. The Kier molecular flexibility index (Phi) is 17.0. The number of amides is 2. The lowest BCUT2D eigenvalue weighted by molar-refractivity contribution is 0.239. The van der Waals surface area contributed by atoms with Crippen molar-refractivity contribution in [3.8, 4) is 0 Å². The van der Waals surface area contributed by atoms with Crippen molar-refractivity contribution in [2.45, 2.75) is 84.0 Å². The predicted molar refractivity (Wildman–Crippen MR) is 101 cm³/mol. The largest absolute Gasteiger partial charge is 0.338 e. The molecule has 4 heteroatoms. The van der Waals surface area contributed by atoms with E-state index in [-0.39, 0.29) is 6.03 Å². The van der Waals surface area contributed by atoms with Gasteiger partial charge >= 0.3 is 6.03 Å². The topological polar surface area (TPSA) is 44.4 Å². The van der Waals surface area contributed by atoms with E-state index in [0.717, 1.165) is 19.5 Å². The highest BCUT2D eigenvalue weighted by atomic mass is 16.2. The van der Waals surface area contributed by atoms with E-state index in [1.807, 2.05) is 14.1 Å². The van der Waals surface area contributed by atoms with Crippen LogP contribution < -0.4 is 10.6 Å². The van der Waals surface area contributed by atoms with Crippen LogP contribution in [-0.4, -0.2) is 44.7 Å². The van der Waals surface area contributed by atoms with Crippen LogP contribution in [0.4, 0.5) is 4.79 Å². The van der Waals surface area contributed by atoms with Gasteiger partial charge in [-0.2, -0.15) is 0 Å². The van der Waals surface area contributed by atoms with Crippen LogP contribution in [-0.2, 0) is 0 Å². The predicted octanol–water partition coefficient (Wildman–Crippen LogP) is 4.55. The zero-order valence-electron chi connectivity index (χ0n) is 16.0. The minimum absolute atomic E-state index is 0.0325. The Labute approximate surface area is 144 Å². The van der Waals surface area contributed by atoms with Gasteiger partial charge in [0.25, 0.3) is 0 Å². The van der Waals surface area contributed by atoms with E-state index in [9.17, 15) is 4.79 Å². The fourth-order valence-electron chi connectivity index (χ4n) is 2.62. The first-order chi connectivity index (χ1) is 11.2. The number of hydrogen-bond acceptors (Lipinski definition) is 2. The molecule has 0 saturated carbocycles. The lowest BCUT2D eigenvalue weighted by atomic mass is 10.1. The van der Waals surface area contributed by atoms with Crippen molar-refractivity contribution < 1.29 is 4.79 Å². The minimum Gasteiger partial charge on any atom is -0.338 e. The van der Waals surface area contributed by atoms with E-state index >= 15 is 0 Å². The summed E-state index contributed by atoms with van der Waals surface area (Å²) in [5.74, 6) is 0. The maximum atomic E-state index is 11.5. The number of unbranched alkanes of at least 4 members (excludes halogenated alkanes) is 11. The molecule has 0 rings (SSSR count). The van der Waals surface area contributed by atoms with Crippen molar-refractivity contribution in [3.05, 3.63) is 0 Å². The van der Waals surface area contributed by atoms with E-state index in [1.54, 1.807) is 0 Å². The second kappa shape index (κ2) is 17.6. The zero-order chi connectivity index (χ0) is 17.2. The van der Waals surface area contributed by atoms with Gasteiger partial charge in [0.1, 0.15) is 0 Å². The van der Waals surface area contributed by atoms with Gasteiger partial charge in [-0.05, 0) is 20.5 Å². The Balaban J connectivity index is 3.11. The monoisotopic (exact) mass is 327 g/mol. The second-order valence-electron chi connectivity index (χ2n) is 6.88. The third-order valence-electron chi connectivity index (χ3n) is 4.16. The molecule has 138 valence electrons. The number of nitrogens with zero attached hydrogens (tertiary/aromatic N) is 1. The smallest absolute Gasteiger partial charge is 0.314 e. The molecule has 4 nitrogen and oxygen atoms in total. The lowest BCUT2D eigenvalue weighted by Gasteiger charge is -2.11. The molecule has 0 radical (unpaired) electrons. The van der Waals surface area contributed by atoms with Crippen molar-refractivity contribution in [1.29, 1.82) is 0 Å². The van der Waals surface area contributed by atoms with Gasteiger partial charge in [-0.1, -0.05) is 77.6 Å². The number of carbonyl (C=O) groups excluding carboxylic acids is 1. The van der Waals surface area contributed by atoms with Crippen LogP contribution in [0.2, 0.25) is 0 Å². The summed E-state index contributed by atoms with van der Waals surface area (Å²) >= 11 is 0. The number of urea groups is 1. The molecule has 23 heavy (non-hydrogen) atoms. The quantitative estimate of drug-likeness (QED) is 0.409. The molecule has 0 saturated heterocycles. The van der Waals surface area contributed by atoms with Crippen LogP contribution in [0.15, 0.2) is 0 Å². The van der Waals surface area contributed by atoms with E-state index in [4.69, 9.17) is 0 Å². The Hall–Kier alpha value is -0.770. The summed E-state index contributed by atoms with van der Waals surface area (Å²) in [4.78, 5) is 13.5. The molecule has 0 aromatic rings. The first-order valence-electron chi connectivity index (χ1n) is 9.83. The molecule has 0 fully saturated rings. The number of rotatable bonds is 16. The van der Waals surface area contributed by atoms with Crippen LogP contribution in [0.3, 0.4) is 0 Å². The molecular weight excluding hydrogens is 286 g/mol. The third-order valence-corrected chi connectivity index (χ3v) is 4.16. The number of carbonyl (C=O) groups is 1. The molecule has 0 aromatic heterocycles. The molecule has 0 aliphatic rings. The van der Waals surface area contributed by atoms with E-state index in [2.05, 4.69) is 22.5 Å². The molecule has 0 aromatic carbocycles. The van der Waals surface area contributed by atoms with Crippen molar-refractivity contribution >= 4 is 6.03 Å². The van der Waals surface area contributed by atoms with Crippen LogP contribution in [0.5, 0.6) is 0 Å². The van der Waals surface area contributed by atoms with E-state index in [0.29, 0.717) is 6.54 Å². The Morgan fingerprint density at radius 3 is 1.61 bits per heavy atom. The summed E-state index contributed by atoms with van der Waals surface area (Å²) in [5.41, 5.74) is 0. The van der Waals surface area contributed by atoms with Gasteiger partial charge < -0.3 is 15.5 Å².